The van der Waals surface area contributed by atoms with Crippen molar-refractivity contribution >= 4 is 21.6 Å². The van der Waals surface area contributed by atoms with Crippen molar-refractivity contribution in [3.63, 3.8) is 0 Å². The van der Waals surface area contributed by atoms with Crippen molar-refractivity contribution in [2.24, 2.45) is 0 Å². The first-order valence-electron chi connectivity index (χ1n) is 6.06. The molecule has 0 fully saturated rings. The van der Waals surface area contributed by atoms with Gasteiger partial charge in [-0.1, -0.05) is 0 Å². The van der Waals surface area contributed by atoms with Crippen LogP contribution in [0.15, 0.2) is 47.1 Å². The summed E-state index contributed by atoms with van der Waals surface area (Å²) in [5.74, 6) is 0.180. The normalized spacial score (nSPS) is 11.2. The second-order valence-corrected chi connectivity index (χ2v) is 5.17. The SMILES string of the molecule is FC(F)(F)COc1ccc(NCc2ccc(Br)cn2)cc1. The van der Waals surface area contributed by atoms with Gasteiger partial charge in [0.25, 0.3) is 0 Å². The van der Waals surface area contributed by atoms with Gasteiger partial charge in [0.05, 0.1) is 12.2 Å². The van der Waals surface area contributed by atoms with Gasteiger partial charge in [0.1, 0.15) is 5.75 Å². The molecule has 7 heteroatoms. The van der Waals surface area contributed by atoms with E-state index in [1.165, 1.54) is 12.1 Å². The molecule has 0 atom stereocenters. The van der Waals surface area contributed by atoms with Crippen LogP contribution in [0.4, 0.5) is 18.9 Å². The van der Waals surface area contributed by atoms with Gasteiger partial charge in [0, 0.05) is 16.4 Å². The van der Waals surface area contributed by atoms with E-state index in [4.69, 9.17) is 0 Å². The van der Waals surface area contributed by atoms with Crippen LogP contribution < -0.4 is 10.1 Å². The lowest BCUT2D eigenvalue weighted by molar-refractivity contribution is -0.153. The summed E-state index contributed by atoms with van der Waals surface area (Å²) in [5, 5.41) is 3.12. The van der Waals surface area contributed by atoms with E-state index < -0.39 is 12.8 Å². The maximum absolute atomic E-state index is 12.0. The third-order valence-corrected chi connectivity index (χ3v) is 2.99. The van der Waals surface area contributed by atoms with E-state index in [0.717, 1.165) is 15.9 Å². The quantitative estimate of drug-likeness (QED) is 0.858. The number of rotatable bonds is 5. The van der Waals surface area contributed by atoms with Crippen LogP contribution in [-0.2, 0) is 6.54 Å². The third kappa shape index (κ3) is 5.63. The molecular formula is C14H12BrF3N2O. The maximum Gasteiger partial charge on any atom is 0.422 e. The van der Waals surface area contributed by atoms with Crippen LogP contribution in [-0.4, -0.2) is 17.8 Å². The van der Waals surface area contributed by atoms with E-state index in [9.17, 15) is 13.2 Å². The molecule has 0 saturated carbocycles. The highest BCUT2D eigenvalue weighted by atomic mass is 79.9. The molecular weight excluding hydrogens is 349 g/mol. The Hall–Kier alpha value is -1.76. The van der Waals surface area contributed by atoms with Gasteiger partial charge >= 0.3 is 6.18 Å². The van der Waals surface area contributed by atoms with Gasteiger partial charge in [-0.3, -0.25) is 4.98 Å². The van der Waals surface area contributed by atoms with Crippen molar-refractivity contribution in [2.45, 2.75) is 12.7 Å². The Morgan fingerprint density at radius 2 is 1.81 bits per heavy atom. The summed E-state index contributed by atoms with van der Waals surface area (Å²) in [6.07, 6.45) is -2.63. The monoisotopic (exact) mass is 360 g/mol. The average Bonchev–Trinajstić information content (AvgIpc) is 2.45. The predicted molar refractivity (Wildman–Crippen MR) is 77.3 cm³/mol. The minimum Gasteiger partial charge on any atom is -0.484 e. The van der Waals surface area contributed by atoms with E-state index in [2.05, 4.69) is 31.0 Å². The van der Waals surface area contributed by atoms with Crippen LogP contribution in [0.3, 0.4) is 0 Å². The van der Waals surface area contributed by atoms with Crippen LogP contribution in [0.1, 0.15) is 5.69 Å². The Balaban J connectivity index is 1.86. The molecule has 1 aromatic heterocycles. The molecule has 112 valence electrons. The number of hydrogen-bond acceptors (Lipinski definition) is 3. The number of ether oxygens (including phenoxy) is 1. The number of nitrogens with one attached hydrogen (secondary N) is 1. The lowest BCUT2D eigenvalue weighted by Gasteiger charge is -2.10. The van der Waals surface area contributed by atoms with E-state index in [1.54, 1.807) is 18.3 Å². The number of halogens is 4. The molecule has 3 nitrogen and oxygen atoms in total. The molecule has 1 N–H and O–H groups in total. The Morgan fingerprint density at radius 3 is 2.38 bits per heavy atom. The number of aromatic nitrogens is 1. The molecule has 0 radical (unpaired) electrons. The lowest BCUT2D eigenvalue weighted by Crippen LogP contribution is -2.19. The number of hydrogen-bond donors (Lipinski definition) is 1. The number of benzene rings is 1. The first-order valence-corrected chi connectivity index (χ1v) is 6.85. The Morgan fingerprint density at radius 1 is 1.10 bits per heavy atom. The summed E-state index contributed by atoms with van der Waals surface area (Å²) in [5.41, 5.74) is 1.63. The molecule has 0 aliphatic carbocycles. The Labute approximate surface area is 128 Å². The summed E-state index contributed by atoms with van der Waals surface area (Å²) in [6, 6.07) is 10.1. The third-order valence-electron chi connectivity index (χ3n) is 2.52. The molecule has 0 spiro atoms. The predicted octanol–water partition coefficient (Wildman–Crippen LogP) is 4.40. The van der Waals surface area contributed by atoms with Gasteiger partial charge in [-0.25, -0.2) is 0 Å². The van der Waals surface area contributed by atoms with Gasteiger partial charge in [-0.05, 0) is 52.3 Å². The summed E-state index contributed by atoms with van der Waals surface area (Å²) in [7, 11) is 0. The first-order chi connectivity index (χ1) is 9.92. The molecule has 0 bridgehead atoms. The summed E-state index contributed by atoms with van der Waals surface area (Å²) in [6.45, 7) is -0.765. The molecule has 0 amide bonds. The zero-order valence-electron chi connectivity index (χ0n) is 10.8. The Kier molecular flexibility index (Phi) is 5.06. The zero-order valence-corrected chi connectivity index (χ0v) is 12.4. The lowest BCUT2D eigenvalue weighted by atomic mass is 10.3. The standard InChI is InChI=1S/C14H12BrF3N2O/c15-10-1-2-12(19-7-10)8-20-11-3-5-13(6-4-11)21-9-14(16,17)18/h1-7,20H,8-9H2. The molecule has 0 aliphatic rings. The summed E-state index contributed by atoms with van der Waals surface area (Å²) >= 11 is 3.30. The van der Waals surface area contributed by atoms with Gasteiger partial charge < -0.3 is 10.1 Å². The van der Waals surface area contributed by atoms with Gasteiger partial charge in [0.2, 0.25) is 0 Å². The molecule has 2 aromatic rings. The summed E-state index contributed by atoms with van der Waals surface area (Å²) < 4.78 is 41.6. The molecule has 21 heavy (non-hydrogen) atoms. The van der Waals surface area contributed by atoms with Crippen molar-refractivity contribution in [3.8, 4) is 5.75 Å². The smallest absolute Gasteiger partial charge is 0.422 e. The van der Waals surface area contributed by atoms with Crippen LogP contribution in [0.2, 0.25) is 0 Å². The highest BCUT2D eigenvalue weighted by Crippen LogP contribution is 2.20. The minimum atomic E-state index is -4.33. The topological polar surface area (TPSA) is 34.1 Å². The number of nitrogens with zero attached hydrogens (tertiary/aromatic N) is 1. The minimum absolute atomic E-state index is 0.180. The van der Waals surface area contributed by atoms with Gasteiger partial charge in [-0.2, -0.15) is 13.2 Å². The zero-order chi connectivity index (χ0) is 15.3. The van der Waals surface area contributed by atoms with Crippen molar-refractivity contribution in [1.29, 1.82) is 0 Å². The molecule has 1 aromatic carbocycles. The van der Waals surface area contributed by atoms with E-state index in [-0.39, 0.29) is 5.75 Å². The van der Waals surface area contributed by atoms with Crippen LogP contribution in [0.5, 0.6) is 5.75 Å². The number of anilines is 1. The molecule has 0 aliphatic heterocycles. The van der Waals surface area contributed by atoms with Crippen LogP contribution in [0, 0.1) is 0 Å². The highest BCUT2D eigenvalue weighted by Gasteiger charge is 2.28. The second-order valence-electron chi connectivity index (χ2n) is 4.25. The van der Waals surface area contributed by atoms with E-state index >= 15 is 0 Å². The average molecular weight is 361 g/mol. The molecule has 2 rings (SSSR count). The highest BCUT2D eigenvalue weighted by molar-refractivity contribution is 9.10. The van der Waals surface area contributed by atoms with Gasteiger partial charge in [-0.15, -0.1) is 0 Å². The van der Waals surface area contributed by atoms with E-state index in [1.807, 2.05) is 12.1 Å². The second kappa shape index (κ2) is 6.80. The van der Waals surface area contributed by atoms with Crippen molar-refractivity contribution in [2.75, 3.05) is 11.9 Å². The van der Waals surface area contributed by atoms with E-state index in [0.29, 0.717) is 6.54 Å². The first kappa shape index (κ1) is 15.6. The molecule has 0 unspecified atom stereocenters. The number of alkyl halides is 3. The fourth-order valence-corrected chi connectivity index (χ4v) is 1.77. The van der Waals surface area contributed by atoms with Crippen molar-refractivity contribution in [1.82, 2.24) is 4.98 Å². The largest absolute Gasteiger partial charge is 0.484 e. The number of pyridine rings is 1. The van der Waals surface area contributed by atoms with Crippen molar-refractivity contribution in [3.05, 3.63) is 52.8 Å². The summed E-state index contributed by atoms with van der Waals surface area (Å²) in [4.78, 5) is 4.21. The van der Waals surface area contributed by atoms with Crippen LogP contribution in [0.25, 0.3) is 0 Å². The fourth-order valence-electron chi connectivity index (χ4n) is 1.54. The van der Waals surface area contributed by atoms with Gasteiger partial charge in [0.15, 0.2) is 6.61 Å². The fraction of sp³-hybridized carbons (Fsp3) is 0.214. The Bertz CT molecular complexity index is 570. The van der Waals surface area contributed by atoms with Crippen LogP contribution >= 0.6 is 15.9 Å². The van der Waals surface area contributed by atoms with Crippen molar-refractivity contribution < 1.29 is 17.9 Å². The maximum atomic E-state index is 12.0. The molecule has 0 saturated heterocycles. The molecule has 1 heterocycles.